The normalized spacial score (nSPS) is 27.1. The van der Waals surface area contributed by atoms with E-state index in [9.17, 15) is 9.90 Å². The number of carboxylic acid groups (broad SMARTS) is 1. The van der Waals surface area contributed by atoms with Crippen LogP contribution in [0.4, 0.5) is 5.82 Å². The van der Waals surface area contributed by atoms with Crippen molar-refractivity contribution in [3.8, 4) is 0 Å². The summed E-state index contributed by atoms with van der Waals surface area (Å²) in [6.07, 6.45) is 6.50. The lowest BCUT2D eigenvalue weighted by atomic mass is 9.79. The molecule has 0 amide bonds. The van der Waals surface area contributed by atoms with Crippen molar-refractivity contribution in [1.82, 2.24) is 14.9 Å². The van der Waals surface area contributed by atoms with E-state index < -0.39 is 5.97 Å². The van der Waals surface area contributed by atoms with E-state index in [0.717, 1.165) is 32.6 Å². The van der Waals surface area contributed by atoms with Gasteiger partial charge in [-0.15, -0.1) is 0 Å². The van der Waals surface area contributed by atoms with E-state index in [1.54, 1.807) is 6.20 Å². The summed E-state index contributed by atoms with van der Waals surface area (Å²) in [4.78, 5) is 24.0. The van der Waals surface area contributed by atoms with E-state index >= 15 is 0 Å². The number of rotatable bonds is 2. The van der Waals surface area contributed by atoms with Gasteiger partial charge < -0.3 is 14.9 Å². The Kier molecular flexibility index (Phi) is 3.33. The fourth-order valence-corrected chi connectivity index (χ4v) is 3.59. The maximum absolute atomic E-state index is 11.3. The number of nitrogens with zero attached hydrogens (tertiary/aromatic N) is 4. The summed E-state index contributed by atoms with van der Waals surface area (Å²) in [6.45, 7) is 3.97. The number of piperidine rings is 1. The van der Waals surface area contributed by atoms with Crippen molar-refractivity contribution < 1.29 is 9.90 Å². The Morgan fingerprint density at radius 1 is 1.25 bits per heavy atom. The fourth-order valence-electron chi connectivity index (χ4n) is 3.59. The van der Waals surface area contributed by atoms with E-state index in [-0.39, 0.29) is 5.69 Å². The average Bonchev–Trinajstić information content (AvgIpc) is 2.79. The van der Waals surface area contributed by atoms with Crippen molar-refractivity contribution in [2.75, 3.05) is 38.1 Å². The summed E-state index contributed by atoms with van der Waals surface area (Å²) in [5, 5.41) is 9.26. The molecule has 0 aromatic carbocycles. The van der Waals surface area contributed by atoms with Crippen LogP contribution in [0.3, 0.4) is 0 Å². The van der Waals surface area contributed by atoms with Crippen molar-refractivity contribution in [3.63, 3.8) is 0 Å². The summed E-state index contributed by atoms with van der Waals surface area (Å²) in [5.41, 5.74) is 0.358. The molecule has 0 bridgehead atoms. The van der Waals surface area contributed by atoms with Crippen LogP contribution in [0.1, 0.15) is 29.8 Å². The highest BCUT2D eigenvalue weighted by molar-refractivity contribution is 5.90. The van der Waals surface area contributed by atoms with Crippen LogP contribution in [0.5, 0.6) is 0 Å². The molecule has 2 saturated heterocycles. The Balaban J connectivity index is 1.86. The first-order chi connectivity index (χ1) is 9.60. The standard InChI is InChI=1S/C14H20N4O2/c1-17-8-4-14(9-17)3-2-7-18(10-14)12-11(13(19)20)15-5-6-16-12/h5-6H,2-4,7-10H2,1H3,(H,19,20). The highest BCUT2D eigenvalue weighted by atomic mass is 16.4. The Hall–Kier alpha value is -1.69. The molecular formula is C14H20N4O2. The second-order valence-electron chi connectivity index (χ2n) is 6.05. The summed E-state index contributed by atoms with van der Waals surface area (Å²) in [5.74, 6) is -0.482. The van der Waals surface area contributed by atoms with E-state index in [1.165, 1.54) is 19.0 Å². The second kappa shape index (κ2) is 5.01. The quantitative estimate of drug-likeness (QED) is 0.872. The summed E-state index contributed by atoms with van der Waals surface area (Å²) in [6, 6.07) is 0. The number of hydrogen-bond donors (Lipinski definition) is 1. The van der Waals surface area contributed by atoms with Gasteiger partial charge in [0.2, 0.25) is 0 Å². The molecule has 108 valence electrons. The van der Waals surface area contributed by atoms with E-state index in [2.05, 4.69) is 26.8 Å². The van der Waals surface area contributed by atoms with Crippen LogP contribution in [-0.2, 0) is 0 Å². The SMILES string of the molecule is CN1CCC2(CCCN(c3nccnc3C(=O)O)C2)C1. The van der Waals surface area contributed by atoms with Gasteiger partial charge in [-0.05, 0) is 32.9 Å². The van der Waals surface area contributed by atoms with Crippen molar-refractivity contribution in [3.05, 3.63) is 18.1 Å². The third-order valence-corrected chi connectivity index (χ3v) is 4.47. The summed E-state index contributed by atoms with van der Waals surface area (Å²) < 4.78 is 0. The van der Waals surface area contributed by atoms with E-state index in [1.807, 2.05) is 0 Å². The van der Waals surface area contributed by atoms with E-state index in [0.29, 0.717) is 11.2 Å². The third-order valence-electron chi connectivity index (χ3n) is 4.47. The predicted molar refractivity (Wildman–Crippen MR) is 75.0 cm³/mol. The topological polar surface area (TPSA) is 69.6 Å². The molecule has 1 atom stereocenters. The highest BCUT2D eigenvalue weighted by Crippen LogP contribution is 2.39. The Morgan fingerprint density at radius 2 is 2.05 bits per heavy atom. The molecule has 1 N–H and O–H groups in total. The molecule has 2 fully saturated rings. The van der Waals surface area contributed by atoms with Gasteiger partial charge in [-0.3, -0.25) is 0 Å². The smallest absolute Gasteiger partial charge is 0.358 e. The van der Waals surface area contributed by atoms with Gasteiger partial charge in [0.15, 0.2) is 11.5 Å². The van der Waals surface area contributed by atoms with Gasteiger partial charge in [-0.2, -0.15) is 0 Å². The van der Waals surface area contributed by atoms with Crippen LogP contribution in [0.25, 0.3) is 0 Å². The van der Waals surface area contributed by atoms with Gasteiger partial charge in [-0.1, -0.05) is 0 Å². The molecule has 2 aliphatic rings. The number of aromatic carboxylic acids is 1. The minimum absolute atomic E-state index is 0.0656. The molecule has 1 aromatic heterocycles. The molecule has 1 aromatic rings. The minimum Gasteiger partial charge on any atom is -0.476 e. The first-order valence-electron chi connectivity index (χ1n) is 7.07. The molecule has 2 aliphatic heterocycles. The Morgan fingerprint density at radius 3 is 2.75 bits per heavy atom. The summed E-state index contributed by atoms with van der Waals surface area (Å²) in [7, 11) is 2.15. The van der Waals surface area contributed by atoms with Crippen LogP contribution in [0.2, 0.25) is 0 Å². The molecule has 3 heterocycles. The minimum atomic E-state index is -1.00. The summed E-state index contributed by atoms with van der Waals surface area (Å²) >= 11 is 0. The maximum atomic E-state index is 11.3. The van der Waals surface area contributed by atoms with Crippen molar-refractivity contribution in [1.29, 1.82) is 0 Å². The van der Waals surface area contributed by atoms with Gasteiger partial charge in [0.25, 0.3) is 0 Å². The number of hydrogen-bond acceptors (Lipinski definition) is 5. The second-order valence-corrected chi connectivity index (χ2v) is 6.05. The predicted octanol–water partition coefficient (Wildman–Crippen LogP) is 1.10. The van der Waals surface area contributed by atoms with Crippen molar-refractivity contribution in [2.45, 2.75) is 19.3 Å². The molecule has 20 heavy (non-hydrogen) atoms. The van der Waals surface area contributed by atoms with Gasteiger partial charge in [0.05, 0.1) is 0 Å². The van der Waals surface area contributed by atoms with Gasteiger partial charge in [0, 0.05) is 37.4 Å². The molecule has 0 saturated carbocycles. The van der Waals surface area contributed by atoms with Crippen molar-refractivity contribution in [2.24, 2.45) is 5.41 Å². The molecular weight excluding hydrogens is 256 g/mol. The zero-order chi connectivity index (χ0) is 14.2. The van der Waals surface area contributed by atoms with Crippen LogP contribution in [0, 0.1) is 5.41 Å². The lowest BCUT2D eigenvalue weighted by molar-refractivity contribution is 0.0690. The monoisotopic (exact) mass is 276 g/mol. The van der Waals surface area contributed by atoms with Gasteiger partial charge in [0.1, 0.15) is 0 Å². The zero-order valence-electron chi connectivity index (χ0n) is 11.7. The Labute approximate surface area is 118 Å². The first-order valence-corrected chi connectivity index (χ1v) is 7.07. The van der Waals surface area contributed by atoms with E-state index in [4.69, 9.17) is 0 Å². The highest BCUT2D eigenvalue weighted by Gasteiger charge is 2.41. The number of aromatic nitrogens is 2. The number of anilines is 1. The molecule has 1 spiro atoms. The van der Waals surface area contributed by atoms with Crippen LogP contribution in [-0.4, -0.2) is 59.2 Å². The Bertz CT molecular complexity index is 518. The average molecular weight is 276 g/mol. The molecule has 6 nitrogen and oxygen atoms in total. The van der Waals surface area contributed by atoms with Gasteiger partial charge >= 0.3 is 5.97 Å². The van der Waals surface area contributed by atoms with Crippen molar-refractivity contribution >= 4 is 11.8 Å². The number of carboxylic acids is 1. The van der Waals surface area contributed by atoms with Crippen LogP contribution < -0.4 is 4.90 Å². The number of carbonyl (C=O) groups is 1. The third kappa shape index (κ3) is 2.35. The van der Waals surface area contributed by atoms with Gasteiger partial charge in [-0.25, -0.2) is 14.8 Å². The van der Waals surface area contributed by atoms with Crippen LogP contribution in [0.15, 0.2) is 12.4 Å². The zero-order valence-corrected chi connectivity index (χ0v) is 11.7. The largest absolute Gasteiger partial charge is 0.476 e. The molecule has 6 heteroatoms. The lowest BCUT2D eigenvalue weighted by Gasteiger charge is -2.41. The lowest BCUT2D eigenvalue weighted by Crippen LogP contribution is -2.45. The molecule has 0 radical (unpaired) electrons. The first kappa shape index (κ1) is 13.3. The molecule has 3 rings (SSSR count). The van der Waals surface area contributed by atoms with Crippen LogP contribution >= 0.6 is 0 Å². The molecule has 0 aliphatic carbocycles. The molecule has 1 unspecified atom stereocenters. The maximum Gasteiger partial charge on any atom is 0.358 e. The number of likely N-dealkylation sites (tertiary alicyclic amines) is 1. The fraction of sp³-hybridized carbons (Fsp3) is 0.643.